The molecule has 0 N–H and O–H groups in total. The van der Waals surface area contributed by atoms with Crippen LogP contribution in [-0.4, -0.2) is 15.8 Å². The average molecular weight is 396 g/mol. The van der Waals surface area contributed by atoms with E-state index in [4.69, 9.17) is 8.83 Å². The Bertz CT molecular complexity index is 1390. The average Bonchev–Trinajstić information content (AvgIpc) is 3.49. The summed E-state index contributed by atoms with van der Waals surface area (Å²) in [7, 11) is 0. The van der Waals surface area contributed by atoms with Gasteiger partial charge in [-0.25, -0.2) is 4.98 Å². The standard InChI is InChI=1S/C21H8N4O3S/c22-9-11(10-23)17-13-3-1-2-4-14(13)18(26)15(17)7-12-8-16-19(27-12)25-20(28-16)21-24-5-6-29-21/h1-8H/b15-7-. The molecule has 0 atom stereocenters. The monoisotopic (exact) mass is 396 g/mol. The van der Waals surface area contributed by atoms with Crippen molar-refractivity contribution < 1.29 is 13.6 Å². The van der Waals surface area contributed by atoms with Crippen molar-refractivity contribution in [3.8, 4) is 23.0 Å². The summed E-state index contributed by atoms with van der Waals surface area (Å²) in [4.78, 5) is 21.3. The molecule has 1 aromatic carbocycles. The molecule has 0 fully saturated rings. The number of hydrogen-bond donors (Lipinski definition) is 0. The van der Waals surface area contributed by atoms with E-state index in [-0.39, 0.29) is 22.6 Å². The fraction of sp³-hybridized carbons (Fsp3) is 0. The van der Waals surface area contributed by atoms with Crippen molar-refractivity contribution in [1.29, 1.82) is 10.5 Å². The highest BCUT2D eigenvalue weighted by Crippen LogP contribution is 2.40. The van der Waals surface area contributed by atoms with Gasteiger partial charge in [0.2, 0.25) is 0 Å². The number of fused-ring (bicyclic) bond motifs is 2. The molecule has 3 aromatic heterocycles. The predicted octanol–water partition coefficient (Wildman–Crippen LogP) is 4.62. The molecule has 0 spiro atoms. The number of thiazole rings is 1. The number of rotatable bonds is 2. The molecule has 136 valence electrons. The third-order valence-corrected chi connectivity index (χ3v) is 5.20. The van der Waals surface area contributed by atoms with E-state index < -0.39 is 0 Å². The Morgan fingerprint density at radius 3 is 2.62 bits per heavy atom. The molecule has 0 unspecified atom stereocenters. The predicted molar refractivity (Wildman–Crippen MR) is 104 cm³/mol. The number of furan rings is 1. The smallest absolute Gasteiger partial charge is 0.266 e. The second kappa shape index (κ2) is 6.41. The molecule has 7 nitrogen and oxygen atoms in total. The highest BCUT2D eigenvalue weighted by Gasteiger charge is 2.32. The van der Waals surface area contributed by atoms with Gasteiger partial charge in [-0.2, -0.15) is 15.5 Å². The van der Waals surface area contributed by atoms with Gasteiger partial charge in [-0.1, -0.05) is 24.3 Å². The van der Waals surface area contributed by atoms with Crippen LogP contribution in [0.25, 0.3) is 33.8 Å². The van der Waals surface area contributed by atoms with E-state index in [9.17, 15) is 15.3 Å². The summed E-state index contributed by atoms with van der Waals surface area (Å²) in [6.45, 7) is 0. The second-order valence-corrected chi connectivity index (χ2v) is 6.98. The molecule has 0 amide bonds. The highest BCUT2D eigenvalue weighted by atomic mass is 32.1. The van der Waals surface area contributed by atoms with Crippen molar-refractivity contribution >= 4 is 40.1 Å². The molecule has 0 radical (unpaired) electrons. The first kappa shape index (κ1) is 16.9. The topological polar surface area (TPSA) is 117 Å². The number of ketones is 1. The van der Waals surface area contributed by atoms with Crippen LogP contribution in [0.2, 0.25) is 0 Å². The number of Topliss-reactive ketones (excluding diaryl/α,β-unsaturated/α-hetero) is 1. The van der Waals surface area contributed by atoms with E-state index in [2.05, 4.69) is 9.97 Å². The van der Waals surface area contributed by atoms with Crippen molar-refractivity contribution in [3.63, 3.8) is 0 Å². The highest BCUT2D eigenvalue weighted by molar-refractivity contribution is 7.12. The maximum Gasteiger partial charge on any atom is 0.266 e. The summed E-state index contributed by atoms with van der Waals surface area (Å²) >= 11 is 1.39. The molecule has 0 saturated carbocycles. The number of nitrogens with zero attached hydrogens (tertiary/aromatic N) is 4. The molecule has 0 saturated heterocycles. The van der Waals surface area contributed by atoms with Gasteiger partial charge in [0.15, 0.2) is 16.4 Å². The number of carbonyl (C=O) groups excluding carboxylic acids is 1. The molecule has 1 aliphatic rings. The van der Waals surface area contributed by atoms with E-state index in [1.165, 1.54) is 17.4 Å². The van der Waals surface area contributed by atoms with Gasteiger partial charge in [0.1, 0.15) is 23.5 Å². The quantitative estimate of drug-likeness (QED) is 0.358. The van der Waals surface area contributed by atoms with Gasteiger partial charge in [-0.15, -0.1) is 11.3 Å². The van der Waals surface area contributed by atoms with Crippen molar-refractivity contribution in [3.05, 3.63) is 69.9 Å². The van der Waals surface area contributed by atoms with Gasteiger partial charge < -0.3 is 8.83 Å². The first-order valence-corrected chi connectivity index (χ1v) is 9.28. The van der Waals surface area contributed by atoms with Crippen LogP contribution in [0.15, 0.2) is 61.9 Å². The van der Waals surface area contributed by atoms with Crippen LogP contribution in [0, 0.1) is 22.7 Å². The van der Waals surface area contributed by atoms with Crippen LogP contribution in [0.3, 0.4) is 0 Å². The number of benzene rings is 1. The molecular formula is C21H8N4O3S. The summed E-state index contributed by atoms with van der Waals surface area (Å²) in [6, 6.07) is 12.2. The van der Waals surface area contributed by atoms with Crippen LogP contribution >= 0.6 is 11.3 Å². The summed E-state index contributed by atoms with van der Waals surface area (Å²) in [5.74, 6) is 0.415. The van der Waals surface area contributed by atoms with Crippen molar-refractivity contribution in [2.45, 2.75) is 0 Å². The zero-order chi connectivity index (χ0) is 20.0. The largest absolute Gasteiger partial charge is 0.436 e. The van der Waals surface area contributed by atoms with E-state index >= 15 is 0 Å². The minimum absolute atomic E-state index is 0.131. The van der Waals surface area contributed by atoms with Gasteiger partial charge in [0.25, 0.3) is 11.6 Å². The van der Waals surface area contributed by atoms with Crippen molar-refractivity contribution in [1.82, 2.24) is 9.97 Å². The zero-order valence-electron chi connectivity index (χ0n) is 14.5. The number of oxazole rings is 1. The third-order valence-electron chi connectivity index (χ3n) is 4.44. The summed E-state index contributed by atoms with van der Waals surface area (Å²) in [5.41, 5.74) is 2.08. The van der Waals surface area contributed by atoms with Gasteiger partial charge in [-0.3, -0.25) is 4.79 Å². The lowest BCUT2D eigenvalue weighted by Crippen LogP contribution is -1.95. The van der Waals surface area contributed by atoms with E-state index in [0.29, 0.717) is 38.9 Å². The Morgan fingerprint density at radius 1 is 1.14 bits per heavy atom. The van der Waals surface area contributed by atoms with Crippen molar-refractivity contribution in [2.24, 2.45) is 0 Å². The van der Waals surface area contributed by atoms with Crippen LogP contribution < -0.4 is 0 Å². The molecule has 3 heterocycles. The molecule has 1 aliphatic carbocycles. The Hall–Kier alpha value is -4.27. The van der Waals surface area contributed by atoms with E-state index in [1.807, 2.05) is 17.5 Å². The zero-order valence-corrected chi connectivity index (χ0v) is 15.4. The minimum Gasteiger partial charge on any atom is -0.436 e. The fourth-order valence-electron chi connectivity index (χ4n) is 3.23. The van der Waals surface area contributed by atoms with E-state index in [1.54, 1.807) is 36.5 Å². The fourth-order valence-corrected chi connectivity index (χ4v) is 3.79. The van der Waals surface area contributed by atoms with E-state index in [0.717, 1.165) is 0 Å². The van der Waals surface area contributed by atoms with Crippen LogP contribution in [0.5, 0.6) is 0 Å². The van der Waals surface area contributed by atoms with Crippen LogP contribution in [-0.2, 0) is 0 Å². The van der Waals surface area contributed by atoms with Crippen LogP contribution in [0.1, 0.15) is 21.7 Å². The van der Waals surface area contributed by atoms with Gasteiger partial charge in [0.05, 0.1) is 0 Å². The lowest BCUT2D eigenvalue weighted by atomic mass is 9.99. The minimum atomic E-state index is -0.275. The molecule has 5 rings (SSSR count). The first-order valence-electron chi connectivity index (χ1n) is 8.40. The molecular weight excluding hydrogens is 388 g/mol. The number of allylic oxidation sites excluding steroid dienone is 3. The lowest BCUT2D eigenvalue weighted by Gasteiger charge is -2.00. The third kappa shape index (κ3) is 2.59. The van der Waals surface area contributed by atoms with Gasteiger partial charge >= 0.3 is 0 Å². The van der Waals surface area contributed by atoms with Gasteiger partial charge in [-0.05, 0) is 11.6 Å². The summed E-state index contributed by atoms with van der Waals surface area (Å²) in [6.07, 6.45) is 3.16. The molecule has 4 aromatic rings. The lowest BCUT2D eigenvalue weighted by molar-refractivity contribution is 0.104. The Kier molecular flexibility index (Phi) is 3.73. The summed E-state index contributed by atoms with van der Waals surface area (Å²) < 4.78 is 11.4. The second-order valence-electron chi connectivity index (χ2n) is 6.08. The normalized spacial score (nSPS) is 14.2. The van der Waals surface area contributed by atoms with Crippen LogP contribution in [0.4, 0.5) is 0 Å². The molecule has 29 heavy (non-hydrogen) atoms. The maximum atomic E-state index is 12.9. The number of aromatic nitrogens is 2. The Labute approximate surface area is 167 Å². The molecule has 8 heteroatoms. The number of nitriles is 2. The number of carbonyl (C=O) groups is 1. The molecule has 0 bridgehead atoms. The Balaban J connectivity index is 1.63. The first-order chi connectivity index (χ1) is 14.2. The maximum absolute atomic E-state index is 12.9. The van der Waals surface area contributed by atoms with Crippen molar-refractivity contribution in [2.75, 3.05) is 0 Å². The molecule has 0 aliphatic heterocycles. The SMILES string of the molecule is N#CC(C#N)=C1/C(=C/c2cc3oc(-c4nccs4)nc3o2)C(=O)c2ccccc21. The summed E-state index contributed by atoms with van der Waals surface area (Å²) in [5, 5.41) is 21.2. The Morgan fingerprint density at radius 2 is 1.93 bits per heavy atom. The van der Waals surface area contributed by atoms with Gasteiger partial charge in [0, 0.05) is 34.4 Å². The number of hydrogen-bond acceptors (Lipinski definition) is 8.